The number of hydrogen-bond acceptors (Lipinski definition) is 6. The van der Waals surface area contributed by atoms with E-state index in [2.05, 4.69) is 20.5 Å². The first kappa shape index (κ1) is 17.6. The number of nitrogens with one attached hydrogen (secondary N) is 1. The van der Waals surface area contributed by atoms with E-state index in [0.717, 1.165) is 27.8 Å². The molecule has 0 bridgehead atoms. The zero-order valence-corrected chi connectivity index (χ0v) is 15.6. The predicted octanol–water partition coefficient (Wildman–Crippen LogP) is 2.96. The lowest BCUT2D eigenvalue weighted by atomic mass is 9.97. The summed E-state index contributed by atoms with van der Waals surface area (Å²) in [5, 5.41) is 23.6. The number of halogens is 1. The van der Waals surface area contributed by atoms with Gasteiger partial charge in [0.25, 0.3) is 0 Å². The zero-order chi connectivity index (χ0) is 19.2. The van der Waals surface area contributed by atoms with Crippen LogP contribution in [0, 0.1) is 19.7 Å². The minimum absolute atomic E-state index is 0.217. The lowest BCUT2D eigenvalue weighted by molar-refractivity contribution is 0.0305. The number of anilines is 2. The average Bonchev–Trinajstić information content (AvgIpc) is 2.62. The largest absolute Gasteiger partial charge is 0.386 e. The van der Waals surface area contributed by atoms with E-state index in [1.165, 1.54) is 6.07 Å². The normalized spacial score (nSPS) is 15.7. The minimum atomic E-state index is -0.668. The van der Waals surface area contributed by atoms with E-state index in [1.54, 1.807) is 19.2 Å². The number of benzene rings is 1. The Bertz CT molecular complexity index is 1010. The summed E-state index contributed by atoms with van der Waals surface area (Å²) in [7, 11) is 0. The van der Waals surface area contributed by atoms with Crippen molar-refractivity contribution < 1.29 is 9.50 Å². The molecule has 3 aromatic rings. The topological polar surface area (TPSA) is 74.2 Å². The maximum Gasteiger partial charge on any atom is 0.157 e. The standard InChI is InChI=1S/C20H22FN5O/c1-12-14(5-4-6-17(12)21)8-23-19-15-7-18(26-10-20(3,27)11-26)22-9-16(15)13(2)24-25-19/h4-7,9,27H,8,10-11H2,1-3H3,(H,23,25). The molecule has 27 heavy (non-hydrogen) atoms. The number of pyridine rings is 1. The number of fused-ring (bicyclic) bond motifs is 1. The van der Waals surface area contributed by atoms with E-state index in [4.69, 9.17) is 0 Å². The molecule has 0 amide bonds. The van der Waals surface area contributed by atoms with Crippen molar-refractivity contribution in [2.75, 3.05) is 23.3 Å². The van der Waals surface area contributed by atoms with Crippen molar-refractivity contribution in [3.63, 3.8) is 0 Å². The Morgan fingerprint density at radius 1 is 1.22 bits per heavy atom. The van der Waals surface area contributed by atoms with Gasteiger partial charge in [0.15, 0.2) is 5.82 Å². The molecular weight excluding hydrogens is 345 g/mol. The SMILES string of the molecule is Cc1c(F)cccc1CNc1nnc(C)c2cnc(N3CC(C)(O)C3)cc12. The lowest BCUT2D eigenvalue weighted by Gasteiger charge is -2.45. The molecule has 0 saturated carbocycles. The van der Waals surface area contributed by atoms with Gasteiger partial charge in [0.2, 0.25) is 0 Å². The number of aromatic nitrogens is 3. The Hall–Kier alpha value is -2.80. The van der Waals surface area contributed by atoms with Gasteiger partial charge in [-0.3, -0.25) is 0 Å². The summed E-state index contributed by atoms with van der Waals surface area (Å²) in [6.45, 7) is 7.03. The van der Waals surface area contributed by atoms with Crippen LogP contribution in [0.15, 0.2) is 30.5 Å². The summed E-state index contributed by atoms with van der Waals surface area (Å²) < 4.78 is 13.8. The smallest absolute Gasteiger partial charge is 0.157 e. The van der Waals surface area contributed by atoms with E-state index in [0.29, 0.717) is 31.0 Å². The van der Waals surface area contributed by atoms with Gasteiger partial charge in [-0.2, -0.15) is 5.10 Å². The van der Waals surface area contributed by atoms with Gasteiger partial charge in [0, 0.05) is 36.6 Å². The van der Waals surface area contributed by atoms with Gasteiger partial charge < -0.3 is 15.3 Å². The molecule has 1 saturated heterocycles. The Balaban J connectivity index is 1.65. The Morgan fingerprint density at radius 2 is 2.00 bits per heavy atom. The fourth-order valence-electron chi connectivity index (χ4n) is 3.43. The number of aryl methyl sites for hydroxylation is 1. The Labute approximate surface area is 157 Å². The zero-order valence-electron chi connectivity index (χ0n) is 15.6. The molecule has 1 aliphatic rings. The molecule has 1 aliphatic heterocycles. The summed E-state index contributed by atoms with van der Waals surface area (Å²) in [4.78, 5) is 6.53. The van der Waals surface area contributed by atoms with E-state index in [1.807, 2.05) is 30.9 Å². The van der Waals surface area contributed by atoms with Crippen LogP contribution in [0.5, 0.6) is 0 Å². The Kier molecular flexibility index (Phi) is 4.19. The van der Waals surface area contributed by atoms with Crippen molar-refractivity contribution >= 4 is 22.4 Å². The summed E-state index contributed by atoms with van der Waals surface area (Å²) in [5.41, 5.74) is 1.63. The highest BCUT2D eigenvalue weighted by molar-refractivity contribution is 5.94. The van der Waals surface area contributed by atoms with Gasteiger partial charge in [-0.25, -0.2) is 9.37 Å². The average molecular weight is 367 g/mol. The number of hydrogen-bond donors (Lipinski definition) is 2. The molecule has 1 fully saturated rings. The molecular formula is C20H22FN5O. The van der Waals surface area contributed by atoms with Crippen LogP contribution in [0.3, 0.4) is 0 Å². The van der Waals surface area contributed by atoms with Gasteiger partial charge in [-0.1, -0.05) is 12.1 Å². The van der Waals surface area contributed by atoms with Crippen molar-refractivity contribution in [1.82, 2.24) is 15.2 Å². The molecule has 0 spiro atoms. The third-order valence-electron chi connectivity index (χ3n) is 5.05. The molecule has 2 N–H and O–H groups in total. The Morgan fingerprint density at radius 3 is 2.74 bits per heavy atom. The second kappa shape index (κ2) is 6.42. The quantitative estimate of drug-likeness (QED) is 0.739. The molecule has 7 heteroatoms. The highest BCUT2D eigenvalue weighted by Gasteiger charge is 2.37. The molecule has 2 aromatic heterocycles. The maximum atomic E-state index is 13.8. The molecule has 0 aliphatic carbocycles. The van der Waals surface area contributed by atoms with Crippen molar-refractivity contribution in [3.8, 4) is 0 Å². The summed E-state index contributed by atoms with van der Waals surface area (Å²) in [5.74, 6) is 1.21. The van der Waals surface area contributed by atoms with Crippen LogP contribution in [0.1, 0.15) is 23.7 Å². The molecule has 140 valence electrons. The van der Waals surface area contributed by atoms with Gasteiger partial charge in [0.05, 0.1) is 11.3 Å². The van der Waals surface area contributed by atoms with E-state index in [-0.39, 0.29) is 5.82 Å². The van der Waals surface area contributed by atoms with Crippen LogP contribution < -0.4 is 10.2 Å². The highest BCUT2D eigenvalue weighted by atomic mass is 19.1. The number of β-amino-alcohol motifs (C(OH)–C–C–N with tert-alkyl or cyclic N) is 1. The lowest BCUT2D eigenvalue weighted by Crippen LogP contribution is -2.60. The van der Waals surface area contributed by atoms with Gasteiger partial charge in [0.1, 0.15) is 11.6 Å². The molecule has 0 unspecified atom stereocenters. The fraction of sp³-hybridized carbons (Fsp3) is 0.350. The first-order chi connectivity index (χ1) is 12.8. The number of aliphatic hydroxyl groups is 1. The van der Waals surface area contributed by atoms with Crippen LogP contribution in [0.2, 0.25) is 0 Å². The fourth-order valence-corrected chi connectivity index (χ4v) is 3.43. The monoisotopic (exact) mass is 367 g/mol. The van der Waals surface area contributed by atoms with Crippen molar-refractivity contribution in [2.45, 2.75) is 32.9 Å². The van der Waals surface area contributed by atoms with Crippen LogP contribution in [-0.4, -0.2) is 39.0 Å². The molecule has 0 radical (unpaired) electrons. The molecule has 3 heterocycles. The summed E-state index contributed by atoms with van der Waals surface area (Å²) in [6.07, 6.45) is 1.79. The highest BCUT2D eigenvalue weighted by Crippen LogP contribution is 2.31. The molecule has 4 rings (SSSR count). The third kappa shape index (κ3) is 3.30. The van der Waals surface area contributed by atoms with E-state index < -0.39 is 5.60 Å². The van der Waals surface area contributed by atoms with Crippen LogP contribution >= 0.6 is 0 Å². The first-order valence-corrected chi connectivity index (χ1v) is 8.92. The number of nitrogens with zero attached hydrogens (tertiary/aromatic N) is 4. The summed E-state index contributed by atoms with van der Waals surface area (Å²) >= 11 is 0. The van der Waals surface area contributed by atoms with Gasteiger partial charge in [-0.05, 0) is 44.0 Å². The van der Waals surface area contributed by atoms with Crippen LogP contribution in [0.4, 0.5) is 16.0 Å². The third-order valence-corrected chi connectivity index (χ3v) is 5.05. The molecule has 1 aromatic carbocycles. The first-order valence-electron chi connectivity index (χ1n) is 8.92. The van der Waals surface area contributed by atoms with E-state index in [9.17, 15) is 9.50 Å². The second-order valence-corrected chi connectivity index (χ2v) is 7.45. The predicted molar refractivity (Wildman–Crippen MR) is 103 cm³/mol. The van der Waals surface area contributed by atoms with Crippen molar-refractivity contribution in [2.24, 2.45) is 0 Å². The summed E-state index contributed by atoms with van der Waals surface area (Å²) in [6, 6.07) is 7.02. The number of rotatable bonds is 4. The van der Waals surface area contributed by atoms with Crippen molar-refractivity contribution in [1.29, 1.82) is 0 Å². The van der Waals surface area contributed by atoms with E-state index >= 15 is 0 Å². The van der Waals surface area contributed by atoms with Crippen LogP contribution in [-0.2, 0) is 6.54 Å². The maximum absolute atomic E-state index is 13.8. The minimum Gasteiger partial charge on any atom is -0.386 e. The molecule has 6 nitrogen and oxygen atoms in total. The van der Waals surface area contributed by atoms with Crippen LogP contribution in [0.25, 0.3) is 10.8 Å². The van der Waals surface area contributed by atoms with Gasteiger partial charge in [-0.15, -0.1) is 5.10 Å². The van der Waals surface area contributed by atoms with Gasteiger partial charge >= 0.3 is 0 Å². The van der Waals surface area contributed by atoms with Crippen molar-refractivity contribution in [3.05, 3.63) is 53.1 Å². The molecule has 0 atom stereocenters. The second-order valence-electron chi connectivity index (χ2n) is 7.45.